The van der Waals surface area contributed by atoms with Gasteiger partial charge in [0.2, 0.25) is 0 Å². The molecule has 0 saturated heterocycles. The van der Waals surface area contributed by atoms with E-state index >= 15 is 0 Å². The number of furan rings is 1. The maximum Gasteiger partial charge on any atom is 0.307 e. The number of halogens is 2. The number of nitrogens with zero attached hydrogens (tertiary/aromatic N) is 2. The monoisotopic (exact) mass is 569 g/mol. The van der Waals surface area contributed by atoms with E-state index in [2.05, 4.69) is 57.0 Å². The molecule has 1 N–H and O–H groups in total. The minimum Gasteiger partial charge on any atom is -0.491 e. The van der Waals surface area contributed by atoms with Crippen LogP contribution in [0.1, 0.15) is 40.2 Å². The summed E-state index contributed by atoms with van der Waals surface area (Å²) in [6.45, 7) is 6.71. The van der Waals surface area contributed by atoms with Crippen LogP contribution in [0.25, 0.3) is 5.69 Å². The first-order chi connectivity index (χ1) is 17.4. The number of hydrazone groups is 1. The van der Waals surface area contributed by atoms with Crippen molar-refractivity contribution in [1.29, 1.82) is 0 Å². The Kier molecular flexibility index (Phi) is 8.18. The molecule has 0 saturated carbocycles. The Morgan fingerprint density at radius 1 is 1.08 bits per heavy atom. The highest BCUT2D eigenvalue weighted by atomic mass is 79.9. The molecule has 2 aromatic carbocycles. The number of aromatic nitrogens is 1. The summed E-state index contributed by atoms with van der Waals surface area (Å²) < 4.78 is 19.8. The molecule has 1 amide bonds. The van der Waals surface area contributed by atoms with Crippen molar-refractivity contribution in [3.8, 4) is 17.2 Å². The zero-order chi connectivity index (χ0) is 25.7. The Morgan fingerprint density at radius 3 is 2.47 bits per heavy atom. The Balaban J connectivity index is 1.31. The Morgan fingerprint density at radius 2 is 1.81 bits per heavy atom. The minimum absolute atomic E-state index is 0.130. The van der Waals surface area contributed by atoms with Gasteiger partial charge in [-0.2, -0.15) is 5.10 Å². The molecular formula is C27H25BrClN3O4. The molecule has 0 fully saturated rings. The number of carbonyl (C=O) groups excluding carboxylic acids is 1. The lowest BCUT2D eigenvalue weighted by Crippen LogP contribution is -2.16. The molecular weight excluding hydrogens is 546 g/mol. The molecule has 9 heteroatoms. The summed E-state index contributed by atoms with van der Waals surface area (Å²) in [7, 11) is 0. The van der Waals surface area contributed by atoms with Crippen molar-refractivity contribution in [2.75, 3.05) is 6.61 Å². The van der Waals surface area contributed by atoms with Crippen LogP contribution in [0.5, 0.6) is 11.5 Å². The van der Waals surface area contributed by atoms with Gasteiger partial charge in [0.05, 0.1) is 22.3 Å². The standard InChI is InChI=1S/C27H25BrClN3O4/c1-4-34-26-23(28)13-19(14-24(26)29)15-30-31-27(33)25-12-11-22(36-25)16-35-21-9-7-20(8-10-21)32-17(2)5-6-18(32)3/h5-15H,4,16H2,1-3H3,(H,31,33)/b30-15+. The number of rotatable bonds is 9. The number of benzene rings is 2. The fourth-order valence-electron chi connectivity index (χ4n) is 3.66. The van der Waals surface area contributed by atoms with E-state index in [-0.39, 0.29) is 12.4 Å². The molecule has 0 aliphatic rings. The minimum atomic E-state index is -0.476. The van der Waals surface area contributed by atoms with Crippen LogP contribution in [0, 0.1) is 13.8 Å². The quantitative estimate of drug-likeness (QED) is 0.176. The lowest BCUT2D eigenvalue weighted by molar-refractivity contribution is 0.0923. The maximum absolute atomic E-state index is 12.4. The highest BCUT2D eigenvalue weighted by molar-refractivity contribution is 9.10. The van der Waals surface area contributed by atoms with Gasteiger partial charge in [-0.1, -0.05) is 11.6 Å². The van der Waals surface area contributed by atoms with Gasteiger partial charge in [0.1, 0.15) is 18.1 Å². The summed E-state index contributed by atoms with van der Waals surface area (Å²) in [5, 5.41) is 4.43. The first-order valence-electron chi connectivity index (χ1n) is 11.3. The average Bonchev–Trinajstić information content (AvgIpc) is 3.47. The third-order valence-electron chi connectivity index (χ3n) is 5.32. The number of amides is 1. The van der Waals surface area contributed by atoms with Crippen LogP contribution < -0.4 is 14.9 Å². The van der Waals surface area contributed by atoms with E-state index in [1.807, 2.05) is 31.2 Å². The van der Waals surface area contributed by atoms with Crippen molar-refractivity contribution in [2.24, 2.45) is 5.10 Å². The molecule has 4 aromatic rings. The second-order valence-corrected chi connectivity index (χ2v) is 9.21. The van der Waals surface area contributed by atoms with Crippen LogP contribution in [-0.4, -0.2) is 23.3 Å². The summed E-state index contributed by atoms with van der Waals surface area (Å²) in [5.74, 6) is 1.44. The number of nitrogens with one attached hydrogen (secondary N) is 1. The lowest BCUT2D eigenvalue weighted by atomic mass is 10.2. The van der Waals surface area contributed by atoms with Gasteiger partial charge in [0.25, 0.3) is 0 Å². The fourth-order valence-corrected chi connectivity index (χ4v) is 4.64. The first kappa shape index (κ1) is 25.6. The summed E-state index contributed by atoms with van der Waals surface area (Å²) >= 11 is 9.66. The molecule has 36 heavy (non-hydrogen) atoms. The third kappa shape index (κ3) is 6.01. The highest BCUT2D eigenvalue weighted by Crippen LogP contribution is 2.34. The van der Waals surface area contributed by atoms with Crippen molar-refractivity contribution in [2.45, 2.75) is 27.4 Å². The highest BCUT2D eigenvalue weighted by Gasteiger charge is 2.12. The molecule has 0 aliphatic heterocycles. The molecule has 0 aliphatic carbocycles. The Hall–Kier alpha value is -3.49. The molecule has 0 spiro atoms. The number of aryl methyl sites for hydroxylation is 2. The lowest BCUT2D eigenvalue weighted by Gasteiger charge is -2.10. The van der Waals surface area contributed by atoms with Gasteiger partial charge in [-0.25, -0.2) is 5.43 Å². The van der Waals surface area contributed by atoms with Crippen molar-refractivity contribution < 1.29 is 18.7 Å². The number of carbonyl (C=O) groups is 1. The molecule has 0 atom stereocenters. The zero-order valence-electron chi connectivity index (χ0n) is 20.0. The SMILES string of the molecule is CCOc1c(Cl)cc(/C=N/NC(=O)c2ccc(COc3ccc(-n4c(C)ccc4C)cc3)o2)cc1Br. The topological polar surface area (TPSA) is 78.0 Å². The molecule has 4 rings (SSSR count). The summed E-state index contributed by atoms with van der Waals surface area (Å²) in [4.78, 5) is 12.4. The molecule has 2 aromatic heterocycles. The normalized spacial score (nSPS) is 11.1. The van der Waals surface area contributed by atoms with E-state index in [0.29, 0.717) is 38.9 Å². The van der Waals surface area contributed by atoms with Gasteiger partial charge in [0, 0.05) is 17.1 Å². The van der Waals surface area contributed by atoms with E-state index in [1.165, 1.54) is 17.6 Å². The van der Waals surface area contributed by atoms with Gasteiger partial charge < -0.3 is 18.5 Å². The van der Waals surface area contributed by atoms with E-state index in [4.69, 9.17) is 25.5 Å². The molecule has 0 bridgehead atoms. The summed E-state index contributed by atoms with van der Waals surface area (Å²) in [6, 6.07) is 18.8. The molecule has 186 valence electrons. The van der Waals surface area contributed by atoms with Gasteiger partial charge in [-0.15, -0.1) is 0 Å². The second-order valence-electron chi connectivity index (χ2n) is 7.95. The van der Waals surface area contributed by atoms with Crippen LogP contribution in [0.4, 0.5) is 0 Å². The van der Waals surface area contributed by atoms with Crippen molar-refractivity contribution in [3.05, 3.63) is 98.6 Å². The Bertz CT molecular complexity index is 1350. The summed E-state index contributed by atoms with van der Waals surface area (Å²) in [5.41, 5.74) is 6.55. The fraction of sp³-hybridized carbons (Fsp3) is 0.185. The van der Waals surface area contributed by atoms with Crippen LogP contribution in [0.3, 0.4) is 0 Å². The van der Waals surface area contributed by atoms with E-state index in [0.717, 1.165) is 5.69 Å². The van der Waals surface area contributed by atoms with Crippen LogP contribution in [-0.2, 0) is 6.61 Å². The zero-order valence-corrected chi connectivity index (χ0v) is 22.4. The number of hydrogen-bond acceptors (Lipinski definition) is 5. The van der Waals surface area contributed by atoms with Crippen LogP contribution in [0.15, 0.2) is 74.7 Å². The van der Waals surface area contributed by atoms with Crippen LogP contribution >= 0.6 is 27.5 Å². The third-order valence-corrected chi connectivity index (χ3v) is 6.19. The van der Waals surface area contributed by atoms with Crippen molar-refractivity contribution in [3.63, 3.8) is 0 Å². The molecule has 0 radical (unpaired) electrons. The second kappa shape index (κ2) is 11.5. The average molecular weight is 571 g/mol. The van der Waals surface area contributed by atoms with E-state index < -0.39 is 5.91 Å². The predicted octanol–water partition coefficient (Wildman–Crippen LogP) is 6.84. The van der Waals surface area contributed by atoms with Gasteiger partial charge in [-0.3, -0.25) is 4.79 Å². The number of ether oxygens (including phenoxy) is 2. The maximum atomic E-state index is 12.4. The smallest absolute Gasteiger partial charge is 0.307 e. The first-order valence-corrected chi connectivity index (χ1v) is 12.4. The van der Waals surface area contributed by atoms with Gasteiger partial charge >= 0.3 is 5.91 Å². The summed E-state index contributed by atoms with van der Waals surface area (Å²) in [6.07, 6.45) is 1.48. The molecule has 2 heterocycles. The van der Waals surface area contributed by atoms with Crippen molar-refractivity contribution >= 4 is 39.7 Å². The van der Waals surface area contributed by atoms with Crippen molar-refractivity contribution in [1.82, 2.24) is 9.99 Å². The van der Waals surface area contributed by atoms with Gasteiger partial charge in [0.15, 0.2) is 11.5 Å². The Labute approximate surface area is 222 Å². The molecule has 0 unspecified atom stereocenters. The largest absolute Gasteiger partial charge is 0.491 e. The van der Waals surface area contributed by atoms with E-state index in [9.17, 15) is 4.79 Å². The predicted molar refractivity (Wildman–Crippen MR) is 144 cm³/mol. The molecule has 7 nitrogen and oxygen atoms in total. The van der Waals surface area contributed by atoms with E-state index in [1.54, 1.807) is 24.3 Å². The van der Waals surface area contributed by atoms with Gasteiger partial charge in [-0.05, 0) is 103 Å². The van der Waals surface area contributed by atoms with Crippen LogP contribution in [0.2, 0.25) is 5.02 Å². The number of hydrogen-bond donors (Lipinski definition) is 1.